The molecule has 18 heavy (non-hydrogen) atoms. The van der Waals surface area contributed by atoms with Gasteiger partial charge in [0.15, 0.2) is 0 Å². The summed E-state index contributed by atoms with van der Waals surface area (Å²) in [7, 11) is 0. The van der Waals surface area contributed by atoms with Crippen LogP contribution in [0.5, 0.6) is 5.75 Å². The van der Waals surface area contributed by atoms with Crippen molar-refractivity contribution in [3.05, 3.63) is 54.1 Å². The van der Waals surface area contributed by atoms with Crippen molar-refractivity contribution in [2.24, 2.45) is 0 Å². The Morgan fingerprint density at radius 1 is 0.889 bits per heavy atom. The lowest BCUT2D eigenvalue weighted by molar-refractivity contribution is -0.274. The van der Waals surface area contributed by atoms with Crippen LogP contribution >= 0.6 is 0 Å². The van der Waals surface area contributed by atoms with Gasteiger partial charge in [0, 0.05) is 5.56 Å². The molecule has 0 bridgehead atoms. The zero-order valence-corrected chi connectivity index (χ0v) is 9.66. The van der Waals surface area contributed by atoms with Crippen LogP contribution in [0.2, 0.25) is 0 Å². The molecule has 0 unspecified atom stereocenters. The van der Waals surface area contributed by atoms with Crippen LogP contribution in [0.1, 0.15) is 5.56 Å². The summed E-state index contributed by atoms with van der Waals surface area (Å²) in [4.78, 5) is 0. The second kappa shape index (κ2) is 4.72. The van der Waals surface area contributed by atoms with Gasteiger partial charge in [-0.3, -0.25) is 0 Å². The Labute approximate surface area is 103 Å². The predicted molar refractivity (Wildman–Crippen MR) is 63.3 cm³/mol. The molecule has 2 aromatic rings. The summed E-state index contributed by atoms with van der Waals surface area (Å²) in [6, 6.07) is 13.8. The Morgan fingerprint density at radius 3 is 2.17 bits per heavy atom. The van der Waals surface area contributed by atoms with E-state index in [1.54, 1.807) is 49.4 Å². The van der Waals surface area contributed by atoms with E-state index >= 15 is 0 Å². The maximum absolute atomic E-state index is 12.4. The van der Waals surface area contributed by atoms with Gasteiger partial charge in [0.05, 0.1) is 0 Å². The highest BCUT2D eigenvalue weighted by molar-refractivity contribution is 5.72. The number of para-hydroxylation sites is 1. The third kappa shape index (κ3) is 2.83. The second-order valence-electron chi connectivity index (χ2n) is 3.87. The van der Waals surface area contributed by atoms with Gasteiger partial charge in [0.1, 0.15) is 5.75 Å². The van der Waals surface area contributed by atoms with E-state index in [0.717, 1.165) is 0 Å². The zero-order valence-electron chi connectivity index (χ0n) is 9.66. The molecule has 0 saturated carbocycles. The smallest absolute Gasteiger partial charge is 0.405 e. The van der Waals surface area contributed by atoms with E-state index in [1.807, 2.05) is 6.07 Å². The number of aryl methyl sites for hydroxylation is 1. The second-order valence-corrected chi connectivity index (χ2v) is 3.87. The third-order valence-electron chi connectivity index (χ3n) is 2.51. The zero-order chi connectivity index (χ0) is 13.2. The van der Waals surface area contributed by atoms with Crippen LogP contribution in [0.25, 0.3) is 11.1 Å². The van der Waals surface area contributed by atoms with Crippen molar-refractivity contribution in [3.8, 4) is 16.9 Å². The molecule has 0 heterocycles. The molecular formula is C14H11F3O. The van der Waals surface area contributed by atoms with Crippen molar-refractivity contribution in [2.75, 3.05) is 0 Å². The molecule has 4 heteroatoms. The van der Waals surface area contributed by atoms with Crippen LogP contribution in [-0.4, -0.2) is 6.36 Å². The lowest BCUT2D eigenvalue weighted by Gasteiger charge is -2.15. The predicted octanol–water partition coefficient (Wildman–Crippen LogP) is 4.56. The fourth-order valence-corrected chi connectivity index (χ4v) is 1.75. The van der Waals surface area contributed by atoms with Crippen molar-refractivity contribution in [2.45, 2.75) is 13.3 Å². The highest BCUT2D eigenvalue weighted by Gasteiger charge is 2.32. The molecule has 0 aromatic heterocycles. The standard InChI is InChI=1S/C14H11F3O/c1-10-6-5-9-12(11-7-3-2-4-8-11)13(10)18-14(15,16)17/h2-9H,1H3. The summed E-state index contributed by atoms with van der Waals surface area (Å²) in [6.45, 7) is 1.59. The monoisotopic (exact) mass is 252 g/mol. The van der Waals surface area contributed by atoms with Gasteiger partial charge in [0.25, 0.3) is 0 Å². The molecule has 0 radical (unpaired) electrons. The molecule has 1 nitrogen and oxygen atoms in total. The number of benzene rings is 2. The van der Waals surface area contributed by atoms with Crippen LogP contribution < -0.4 is 4.74 Å². The van der Waals surface area contributed by atoms with Gasteiger partial charge in [-0.25, -0.2) is 0 Å². The fourth-order valence-electron chi connectivity index (χ4n) is 1.75. The molecule has 2 aromatic carbocycles. The number of hydrogen-bond acceptors (Lipinski definition) is 1. The SMILES string of the molecule is Cc1cccc(-c2ccccc2)c1OC(F)(F)F. The Bertz CT molecular complexity index is 532. The highest BCUT2D eigenvalue weighted by atomic mass is 19.4. The van der Waals surface area contributed by atoms with E-state index in [2.05, 4.69) is 4.74 Å². The minimum absolute atomic E-state index is 0.142. The van der Waals surface area contributed by atoms with E-state index < -0.39 is 6.36 Å². The molecule has 0 aliphatic carbocycles. The number of hydrogen-bond donors (Lipinski definition) is 0. The first-order valence-electron chi connectivity index (χ1n) is 5.38. The maximum Gasteiger partial charge on any atom is 0.573 e. The third-order valence-corrected chi connectivity index (χ3v) is 2.51. The van der Waals surface area contributed by atoms with Crippen LogP contribution in [-0.2, 0) is 0 Å². The summed E-state index contributed by atoms with van der Waals surface area (Å²) < 4.78 is 41.3. The average Bonchev–Trinajstić information content (AvgIpc) is 2.31. The summed E-state index contributed by atoms with van der Waals surface area (Å²) in [6.07, 6.45) is -4.68. The quantitative estimate of drug-likeness (QED) is 0.761. The Hall–Kier alpha value is -1.97. The van der Waals surface area contributed by atoms with Gasteiger partial charge >= 0.3 is 6.36 Å². The number of alkyl halides is 3. The highest BCUT2D eigenvalue weighted by Crippen LogP contribution is 2.36. The van der Waals surface area contributed by atoms with E-state index in [4.69, 9.17) is 0 Å². The number of rotatable bonds is 2. The Balaban J connectivity index is 2.51. The molecule has 0 aliphatic heterocycles. The van der Waals surface area contributed by atoms with Crippen LogP contribution in [0, 0.1) is 6.92 Å². The van der Waals surface area contributed by atoms with Gasteiger partial charge in [0.2, 0.25) is 0 Å². The van der Waals surface area contributed by atoms with Crippen LogP contribution in [0.15, 0.2) is 48.5 Å². The first kappa shape index (κ1) is 12.5. The first-order chi connectivity index (χ1) is 8.47. The summed E-state index contributed by atoms with van der Waals surface area (Å²) in [5.74, 6) is -0.142. The van der Waals surface area contributed by atoms with Crippen molar-refractivity contribution in [1.29, 1.82) is 0 Å². The van der Waals surface area contributed by atoms with Gasteiger partial charge < -0.3 is 4.74 Å². The molecular weight excluding hydrogens is 241 g/mol. The van der Waals surface area contributed by atoms with Gasteiger partial charge in [-0.1, -0.05) is 48.5 Å². The lowest BCUT2D eigenvalue weighted by atomic mass is 10.0. The number of ether oxygens (including phenoxy) is 1. The molecule has 0 saturated heterocycles. The number of halogens is 3. The lowest BCUT2D eigenvalue weighted by Crippen LogP contribution is -2.18. The Kier molecular flexibility index (Phi) is 3.28. The maximum atomic E-state index is 12.4. The largest absolute Gasteiger partial charge is 0.573 e. The Morgan fingerprint density at radius 2 is 1.56 bits per heavy atom. The summed E-state index contributed by atoms with van der Waals surface area (Å²) in [5.41, 5.74) is 1.59. The van der Waals surface area contributed by atoms with Crippen LogP contribution in [0.3, 0.4) is 0 Å². The van der Waals surface area contributed by atoms with Gasteiger partial charge in [-0.2, -0.15) is 0 Å². The average molecular weight is 252 g/mol. The fraction of sp³-hybridized carbons (Fsp3) is 0.143. The van der Waals surface area contributed by atoms with Crippen LogP contribution in [0.4, 0.5) is 13.2 Å². The molecule has 0 amide bonds. The summed E-state index contributed by atoms with van der Waals surface area (Å²) in [5, 5.41) is 0. The molecule has 0 fully saturated rings. The summed E-state index contributed by atoms with van der Waals surface area (Å²) >= 11 is 0. The molecule has 2 rings (SSSR count). The van der Waals surface area contributed by atoms with Gasteiger partial charge in [-0.05, 0) is 18.1 Å². The minimum Gasteiger partial charge on any atom is -0.405 e. The van der Waals surface area contributed by atoms with Crippen molar-refractivity contribution in [3.63, 3.8) is 0 Å². The molecule has 94 valence electrons. The van der Waals surface area contributed by atoms with E-state index in [-0.39, 0.29) is 5.75 Å². The topological polar surface area (TPSA) is 9.23 Å². The van der Waals surface area contributed by atoms with Gasteiger partial charge in [-0.15, -0.1) is 13.2 Å². The van der Waals surface area contributed by atoms with E-state index in [0.29, 0.717) is 16.7 Å². The molecule has 0 aliphatic rings. The normalized spacial score (nSPS) is 11.3. The van der Waals surface area contributed by atoms with Crippen molar-refractivity contribution in [1.82, 2.24) is 0 Å². The van der Waals surface area contributed by atoms with Crippen molar-refractivity contribution >= 4 is 0 Å². The molecule has 0 spiro atoms. The molecule has 0 N–H and O–H groups in total. The minimum atomic E-state index is -4.68. The van der Waals surface area contributed by atoms with E-state index in [1.165, 1.54) is 0 Å². The molecule has 0 atom stereocenters. The first-order valence-corrected chi connectivity index (χ1v) is 5.38. The van der Waals surface area contributed by atoms with E-state index in [9.17, 15) is 13.2 Å². The van der Waals surface area contributed by atoms with Crippen molar-refractivity contribution < 1.29 is 17.9 Å².